The zero-order valence-corrected chi connectivity index (χ0v) is 59.6. The summed E-state index contributed by atoms with van der Waals surface area (Å²) in [5, 5.41) is 0. The maximum absolute atomic E-state index is 12.9. The van der Waals surface area contributed by atoms with Gasteiger partial charge in [-0.1, -0.05) is 77.4 Å². The van der Waals surface area contributed by atoms with E-state index in [2.05, 4.69) is 87.0 Å². The van der Waals surface area contributed by atoms with Crippen LogP contribution in [-0.2, 0) is 39.3 Å². The average Bonchev–Trinajstić information content (AvgIpc) is 0.822. The van der Waals surface area contributed by atoms with Crippen molar-refractivity contribution in [2.24, 2.45) is 0 Å². The Balaban J connectivity index is 0.000000161. The number of hydrogen-bond acceptors (Lipinski definition) is 14. The largest absolute Gasteiger partial charge is 0.497 e. The fourth-order valence-electron chi connectivity index (χ4n) is 10.0. The number of ether oxygens (including phenoxy) is 6. The van der Waals surface area contributed by atoms with E-state index in [4.69, 9.17) is 28.4 Å². The van der Waals surface area contributed by atoms with Crippen LogP contribution >= 0.6 is 10.0 Å². The minimum Gasteiger partial charge on any atom is -0.497 e. The Morgan fingerprint density at radius 2 is 0.333 bits per heavy atom. The smallest absolute Gasteiger partial charge is 0.206 e. The zero-order valence-electron chi connectivity index (χ0n) is 55.5. The van der Waals surface area contributed by atoms with Crippen LogP contribution in [0.15, 0.2) is 340 Å². The van der Waals surface area contributed by atoms with Crippen LogP contribution in [0.5, 0.6) is 51.7 Å². The first kappa shape index (κ1) is 71.4. The van der Waals surface area contributed by atoms with Crippen LogP contribution in [0.2, 0.25) is 0 Å². The molecule has 0 aliphatic heterocycles. The van der Waals surface area contributed by atoms with Gasteiger partial charge in [0.25, 0.3) is 0 Å². The lowest BCUT2D eigenvalue weighted by atomic mass is 10.0. The molecule has 12 aromatic carbocycles. The van der Waals surface area contributed by atoms with E-state index in [-0.39, 0.29) is 39.2 Å². The van der Waals surface area contributed by atoms with E-state index in [1.165, 1.54) is 83.7 Å². The molecular weight excluding hydrogens is 1350 g/mol. The highest BCUT2D eigenvalue weighted by Gasteiger charge is 2.23. The summed E-state index contributed by atoms with van der Waals surface area (Å²) >= 11 is 0. The second-order valence-corrected chi connectivity index (χ2v) is 34.4. The number of hydrogen-bond donors (Lipinski definition) is 0. The van der Waals surface area contributed by atoms with Crippen LogP contribution in [0.3, 0.4) is 0 Å². The van der Waals surface area contributed by atoms with E-state index in [0.717, 1.165) is 16.7 Å². The molecule has 0 radical (unpaired) electrons. The van der Waals surface area contributed by atoms with Crippen LogP contribution in [0, 0.1) is 20.8 Å². The summed E-state index contributed by atoms with van der Waals surface area (Å²) in [6.45, 7) is 6.05. The van der Waals surface area contributed by atoms with Gasteiger partial charge in [-0.15, -0.1) is 0 Å². The molecule has 0 atom stereocenters. The lowest BCUT2D eigenvalue weighted by molar-refractivity contribution is 0.414. The summed E-state index contributed by atoms with van der Waals surface area (Å²) < 4.78 is 136. The first-order valence-electron chi connectivity index (χ1n) is 30.9. The number of sulfone groups is 4. The maximum atomic E-state index is 12.9. The third kappa shape index (κ3) is 17.5. The third-order valence-electron chi connectivity index (χ3n) is 15.9. The van der Waals surface area contributed by atoms with Gasteiger partial charge < -0.3 is 28.4 Å². The van der Waals surface area contributed by atoms with Gasteiger partial charge in [0.15, 0.2) is 0 Å². The highest BCUT2D eigenvalue weighted by atomic mass is 32.3. The molecule has 12 aromatic rings. The molecule has 0 N–H and O–H groups in total. The predicted molar refractivity (Wildman–Crippen MR) is 388 cm³/mol. The number of aryl methyl sites for hydroxylation is 3. The molecule has 0 bridgehead atoms. The van der Waals surface area contributed by atoms with Gasteiger partial charge in [0.2, 0.25) is 39.3 Å². The van der Waals surface area contributed by atoms with Crippen molar-refractivity contribution in [3.8, 4) is 62.9 Å². The van der Waals surface area contributed by atoms with Crippen LogP contribution in [-0.4, -0.2) is 67.5 Å². The Labute approximate surface area is 581 Å². The fraction of sp³-hybridized carbons (Fsp3) is 0.100. The standard InChI is InChI=1S/C28H28O4S2.C26H22O6S2.C26H22O4S/c1-21-5-13-25(14-6-21)33(3,4)26-15-9-23(10-16-26)32-24-11-19-28(20-12-24)34(29,30)27-17-7-22(31-2)8-18-27;1-19-3-11-23(12-4-19)33(27,28)25-15-7-21(8-16-25)32-22-9-17-26(18-10-22)34(29,30)24-13-5-20(31-2)6-14-24;1-19-3-5-20(6-4-19)21-7-9-23(10-8-21)30-24-13-17-26(18-14-24)31(27,28)25-15-11-22(29-2)12-16-25/h5-20H,1-4H3;3-18H,1-2H3;3-18H,1-2H3. The SMILES string of the molecule is COc1ccc(S(=O)(=O)c2ccc(Oc3ccc(-c4ccc(C)cc4)cc3)cc2)cc1.COc1ccc(S(=O)(=O)c2ccc(Oc3ccc(S(=O)(=O)c4ccc(C)cc4)cc3)cc2)cc1.COc1ccc(S(=O)(=O)c2ccc(Oc3ccc(S(C)(C)c4ccc(C)cc4)cc3)cc2)cc1. The van der Waals surface area contributed by atoms with E-state index < -0.39 is 49.4 Å². The summed E-state index contributed by atoms with van der Waals surface area (Å²) in [6, 6.07) is 83.5. The highest BCUT2D eigenvalue weighted by molar-refractivity contribution is 8.32. The van der Waals surface area contributed by atoms with Crippen molar-refractivity contribution in [3.05, 3.63) is 308 Å². The lowest BCUT2D eigenvalue weighted by Gasteiger charge is -2.32. The molecule has 0 fully saturated rings. The van der Waals surface area contributed by atoms with Gasteiger partial charge in [0.1, 0.15) is 51.7 Å². The van der Waals surface area contributed by atoms with E-state index in [9.17, 15) is 33.7 Å². The Morgan fingerprint density at radius 1 is 0.192 bits per heavy atom. The average molecular weight is 1420 g/mol. The minimum absolute atomic E-state index is 0.129. The molecule has 0 saturated heterocycles. The molecule has 0 heterocycles. The van der Waals surface area contributed by atoms with Gasteiger partial charge >= 0.3 is 0 Å². The second kappa shape index (κ2) is 31.0. The van der Waals surface area contributed by atoms with Crippen molar-refractivity contribution in [2.75, 3.05) is 33.8 Å². The Morgan fingerprint density at radius 3 is 0.535 bits per heavy atom. The molecule has 0 aliphatic rings. The predicted octanol–water partition coefficient (Wildman–Crippen LogP) is 18.9. The molecule has 0 amide bonds. The van der Waals surface area contributed by atoms with E-state index in [1.54, 1.807) is 153 Å². The summed E-state index contributed by atoms with van der Waals surface area (Å²) in [5.41, 5.74) is 5.70. The number of benzene rings is 12. The minimum atomic E-state index is -3.68. The molecule has 12 rings (SSSR count). The molecule has 0 aliphatic carbocycles. The van der Waals surface area contributed by atoms with Crippen molar-refractivity contribution in [1.29, 1.82) is 0 Å². The Hall–Kier alpha value is -10.4. The van der Waals surface area contributed by atoms with E-state index >= 15 is 0 Å². The number of rotatable bonds is 20. The molecule has 0 spiro atoms. The van der Waals surface area contributed by atoms with E-state index in [0.29, 0.717) is 51.7 Å². The van der Waals surface area contributed by atoms with Gasteiger partial charge in [-0.25, -0.2) is 33.7 Å². The molecule has 0 aromatic heterocycles. The fourth-order valence-corrected chi connectivity index (χ4v) is 17.0. The van der Waals surface area contributed by atoms with Gasteiger partial charge in [-0.2, -0.15) is 10.0 Å². The Bertz CT molecular complexity index is 5160. The van der Waals surface area contributed by atoms with Crippen LogP contribution in [0.1, 0.15) is 16.7 Å². The van der Waals surface area contributed by atoms with Crippen LogP contribution < -0.4 is 28.4 Å². The van der Waals surface area contributed by atoms with Crippen molar-refractivity contribution in [3.63, 3.8) is 0 Å². The summed E-state index contributed by atoms with van der Waals surface area (Å²) in [4.78, 5) is 4.13. The third-order valence-corrected chi connectivity index (χ3v) is 26.0. The first-order chi connectivity index (χ1) is 47.3. The van der Waals surface area contributed by atoms with Gasteiger partial charge in [0.05, 0.1) is 60.5 Å². The maximum Gasteiger partial charge on any atom is 0.206 e. The zero-order chi connectivity index (χ0) is 70.5. The van der Waals surface area contributed by atoms with E-state index in [1.807, 2.05) is 43.3 Å². The monoisotopic (exact) mass is 1420 g/mol. The quantitative estimate of drug-likeness (QED) is 0.0700. The van der Waals surface area contributed by atoms with Crippen molar-refractivity contribution in [1.82, 2.24) is 0 Å². The topological polar surface area (TPSA) is 192 Å². The second-order valence-electron chi connectivity index (χ2n) is 23.0. The summed E-state index contributed by atoms with van der Waals surface area (Å²) in [6.07, 6.45) is 4.57. The first-order valence-corrected chi connectivity index (χ1v) is 39.2. The van der Waals surface area contributed by atoms with Gasteiger partial charge in [-0.05, 0) is 285 Å². The summed E-state index contributed by atoms with van der Waals surface area (Å²) in [7, 11) is -11.1. The molecule has 14 nitrogen and oxygen atoms in total. The number of methoxy groups -OCH3 is 3. The lowest BCUT2D eigenvalue weighted by Crippen LogP contribution is -2.02. The molecule has 99 heavy (non-hydrogen) atoms. The summed E-state index contributed by atoms with van der Waals surface area (Å²) in [5.74, 6) is 5.16. The molecule has 0 saturated carbocycles. The van der Waals surface area contributed by atoms with Crippen LogP contribution in [0.25, 0.3) is 11.1 Å². The van der Waals surface area contributed by atoms with Crippen molar-refractivity contribution in [2.45, 2.75) is 69.7 Å². The molecule has 19 heteroatoms. The molecule has 506 valence electrons. The van der Waals surface area contributed by atoms with Gasteiger partial charge in [-0.3, -0.25) is 0 Å². The van der Waals surface area contributed by atoms with Crippen LogP contribution in [0.4, 0.5) is 0 Å². The van der Waals surface area contributed by atoms with Gasteiger partial charge in [0, 0.05) is 0 Å². The normalized spacial score (nSPS) is 11.7. The van der Waals surface area contributed by atoms with Crippen molar-refractivity contribution >= 4 is 49.4 Å². The highest BCUT2D eigenvalue weighted by Crippen LogP contribution is 2.56. The molecular formula is C80H72O14S5. The Kier molecular flexibility index (Phi) is 22.3. The van der Waals surface area contributed by atoms with Crippen molar-refractivity contribution < 1.29 is 62.1 Å². The molecule has 0 unspecified atom stereocenters.